The first-order valence-electron chi connectivity index (χ1n) is 9.93. The predicted octanol–water partition coefficient (Wildman–Crippen LogP) is 7.04. The van der Waals surface area contributed by atoms with Crippen molar-refractivity contribution in [2.75, 3.05) is 0 Å². The molecule has 3 nitrogen and oxygen atoms in total. The van der Waals surface area contributed by atoms with Crippen LogP contribution in [0.3, 0.4) is 0 Å². The van der Waals surface area contributed by atoms with Crippen molar-refractivity contribution in [1.82, 2.24) is 15.0 Å². The predicted molar refractivity (Wildman–Crippen MR) is 119 cm³/mol. The highest BCUT2D eigenvalue weighted by molar-refractivity contribution is 5.87. The van der Waals surface area contributed by atoms with E-state index in [4.69, 9.17) is 0 Å². The summed E-state index contributed by atoms with van der Waals surface area (Å²) in [7, 11) is 0. The highest BCUT2D eigenvalue weighted by Crippen LogP contribution is 2.32. The van der Waals surface area contributed by atoms with Gasteiger partial charge in [0.1, 0.15) is 0 Å². The van der Waals surface area contributed by atoms with Gasteiger partial charge in [0.05, 0.1) is 22.5 Å². The molecule has 0 bridgehead atoms. The summed E-state index contributed by atoms with van der Waals surface area (Å²) in [5.41, 5.74) is 5.10. The summed E-state index contributed by atoms with van der Waals surface area (Å²) in [6.07, 6.45) is 0.960. The Kier molecular flexibility index (Phi) is 4.90. The minimum Gasteiger partial charge on any atom is -0.256 e. The van der Waals surface area contributed by atoms with Crippen molar-refractivity contribution in [1.29, 1.82) is 0 Å². The first kappa shape index (κ1) is 19.9. The third kappa shape index (κ3) is 3.95. The van der Waals surface area contributed by atoms with E-state index in [0.717, 1.165) is 51.1 Å². The van der Waals surface area contributed by atoms with E-state index < -0.39 is 11.7 Å². The molecule has 0 unspecified atom stereocenters. The van der Waals surface area contributed by atoms with Crippen molar-refractivity contribution in [2.45, 2.75) is 6.18 Å². The Bertz CT molecular complexity index is 1380. The summed E-state index contributed by atoms with van der Waals surface area (Å²) >= 11 is 0. The van der Waals surface area contributed by atoms with Gasteiger partial charge in [-0.15, -0.1) is 0 Å². The summed E-state index contributed by atoms with van der Waals surface area (Å²) in [6.45, 7) is 0. The van der Waals surface area contributed by atoms with E-state index in [1.54, 1.807) is 18.6 Å². The highest BCUT2D eigenvalue weighted by Gasteiger charge is 2.29. The molecular formula is C26H16F3N3. The van der Waals surface area contributed by atoms with Crippen LogP contribution in [0.4, 0.5) is 13.2 Å². The van der Waals surface area contributed by atoms with Crippen molar-refractivity contribution in [2.24, 2.45) is 0 Å². The molecule has 5 rings (SSSR count). The molecule has 3 aromatic heterocycles. The molecule has 156 valence electrons. The Morgan fingerprint density at radius 3 is 1.97 bits per heavy atom. The lowest BCUT2D eigenvalue weighted by Gasteiger charge is -2.09. The number of benzene rings is 2. The molecule has 0 fully saturated rings. The monoisotopic (exact) mass is 427 g/mol. The van der Waals surface area contributed by atoms with Crippen molar-refractivity contribution in [3.63, 3.8) is 0 Å². The maximum Gasteiger partial charge on any atom is 0.416 e. The molecule has 0 saturated carbocycles. The lowest BCUT2D eigenvalue weighted by atomic mass is 10.0. The number of rotatable bonds is 3. The van der Waals surface area contributed by atoms with Gasteiger partial charge in [0.25, 0.3) is 0 Å². The number of fused-ring (bicyclic) bond motifs is 1. The van der Waals surface area contributed by atoms with Gasteiger partial charge in [-0.3, -0.25) is 15.0 Å². The Hall–Kier alpha value is -4.06. The van der Waals surface area contributed by atoms with Crippen LogP contribution in [0.25, 0.3) is 44.5 Å². The molecule has 0 amide bonds. The van der Waals surface area contributed by atoms with Gasteiger partial charge in [-0.05, 0) is 53.6 Å². The maximum atomic E-state index is 12.8. The van der Waals surface area contributed by atoms with Crippen LogP contribution >= 0.6 is 0 Å². The van der Waals surface area contributed by atoms with Gasteiger partial charge in [-0.25, -0.2) is 0 Å². The average Bonchev–Trinajstić information content (AvgIpc) is 2.83. The minimum atomic E-state index is -4.34. The topological polar surface area (TPSA) is 38.7 Å². The summed E-state index contributed by atoms with van der Waals surface area (Å²) in [6, 6.07) is 22.5. The van der Waals surface area contributed by atoms with Crippen LogP contribution in [0.1, 0.15) is 5.56 Å². The fourth-order valence-corrected chi connectivity index (χ4v) is 3.54. The fraction of sp³-hybridized carbons (Fsp3) is 0.0385. The van der Waals surface area contributed by atoms with Crippen molar-refractivity contribution in [3.05, 3.63) is 103 Å². The SMILES string of the molecule is FC(F)(F)c1ccc(-c2ccc3cc(-c4ccc(-c5ccccn5)nc4)cnc3c2)cc1. The molecule has 0 spiro atoms. The molecule has 32 heavy (non-hydrogen) atoms. The second-order valence-corrected chi connectivity index (χ2v) is 7.35. The zero-order valence-electron chi connectivity index (χ0n) is 16.7. The van der Waals surface area contributed by atoms with Gasteiger partial charge < -0.3 is 0 Å². The third-order valence-electron chi connectivity index (χ3n) is 5.25. The van der Waals surface area contributed by atoms with Crippen molar-refractivity contribution < 1.29 is 13.2 Å². The van der Waals surface area contributed by atoms with Crippen LogP contribution in [0.5, 0.6) is 0 Å². The lowest BCUT2D eigenvalue weighted by Crippen LogP contribution is -2.03. The molecule has 0 aliphatic rings. The second-order valence-electron chi connectivity index (χ2n) is 7.35. The normalized spacial score (nSPS) is 11.6. The average molecular weight is 427 g/mol. The Balaban J connectivity index is 1.43. The smallest absolute Gasteiger partial charge is 0.256 e. The van der Waals surface area contributed by atoms with E-state index in [1.807, 2.05) is 54.6 Å². The van der Waals surface area contributed by atoms with Gasteiger partial charge in [0, 0.05) is 35.1 Å². The molecule has 0 aliphatic heterocycles. The lowest BCUT2D eigenvalue weighted by molar-refractivity contribution is -0.137. The van der Waals surface area contributed by atoms with Crippen molar-refractivity contribution in [3.8, 4) is 33.6 Å². The maximum absolute atomic E-state index is 12.8. The van der Waals surface area contributed by atoms with Crippen LogP contribution in [-0.4, -0.2) is 15.0 Å². The van der Waals surface area contributed by atoms with E-state index in [1.165, 1.54) is 12.1 Å². The molecule has 0 N–H and O–H groups in total. The minimum absolute atomic E-state index is 0.660. The van der Waals surface area contributed by atoms with Crippen molar-refractivity contribution >= 4 is 10.9 Å². The van der Waals surface area contributed by atoms with Crippen LogP contribution in [-0.2, 0) is 6.18 Å². The van der Waals surface area contributed by atoms with Gasteiger partial charge in [0.2, 0.25) is 0 Å². The van der Waals surface area contributed by atoms with Gasteiger partial charge in [-0.1, -0.05) is 36.4 Å². The second kappa shape index (κ2) is 7.89. The van der Waals surface area contributed by atoms with Gasteiger partial charge in [-0.2, -0.15) is 13.2 Å². The third-order valence-corrected chi connectivity index (χ3v) is 5.25. The number of alkyl halides is 3. The van der Waals surface area contributed by atoms with Gasteiger partial charge >= 0.3 is 6.18 Å². The Morgan fingerprint density at radius 2 is 1.28 bits per heavy atom. The molecule has 0 aliphatic carbocycles. The van der Waals surface area contributed by atoms with E-state index >= 15 is 0 Å². The summed E-state index contributed by atoms with van der Waals surface area (Å²) in [4.78, 5) is 13.4. The van der Waals surface area contributed by atoms with E-state index in [0.29, 0.717) is 5.56 Å². The fourth-order valence-electron chi connectivity index (χ4n) is 3.54. The number of pyridine rings is 3. The van der Waals surface area contributed by atoms with E-state index in [2.05, 4.69) is 15.0 Å². The summed E-state index contributed by atoms with van der Waals surface area (Å²) in [5.74, 6) is 0. The Morgan fingerprint density at radius 1 is 0.562 bits per heavy atom. The molecule has 0 saturated heterocycles. The number of hydrogen-bond acceptors (Lipinski definition) is 3. The zero-order valence-corrected chi connectivity index (χ0v) is 16.7. The standard InChI is InChI=1S/C26H16F3N3/c27-26(28,29)22-9-6-17(7-10-22)18-4-5-19-13-21(16-32-25(19)14-18)20-8-11-24(31-15-20)23-3-1-2-12-30-23/h1-16H. The molecule has 2 aromatic carbocycles. The number of halogens is 3. The summed E-state index contributed by atoms with van der Waals surface area (Å²) in [5, 5.41) is 0.937. The first-order valence-corrected chi connectivity index (χ1v) is 9.93. The molecule has 3 heterocycles. The van der Waals surface area contributed by atoms with Crippen LogP contribution in [0.15, 0.2) is 97.5 Å². The quantitative estimate of drug-likeness (QED) is 0.310. The van der Waals surface area contributed by atoms with Crippen LogP contribution in [0, 0.1) is 0 Å². The van der Waals surface area contributed by atoms with Crippen LogP contribution in [0.2, 0.25) is 0 Å². The number of aromatic nitrogens is 3. The molecule has 0 atom stereocenters. The van der Waals surface area contributed by atoms with E-state index in [9.17, 15) is 13.2 Å². The highest BCUT2D eigenvalue weighted by atomic mass is 19.4. The van der Waals surface area contributed by atoms with Crippen LogP contribution < -0.4 is 0 Å². The molecule has 5 aromatic rings. The van der Waals surface area contributed by atoms with Gasteiger partial charge in [0.15, 0.2) is 0 Å². The largest absolute Gasteiger partial charge is 0.416 e. The summed E-state index contributed by atoms with van der Waals surface area (Å²) < 4.78 is 38.4. The number of nitrogens with zero attached hydrogens (tertiary/aromatic N) is 3. The van der Waals surface area contributed by atoms with E-state index in [-0.39, 0.29) is 0 Å². The number of hydrogen-bond donors (Lipinski definition) is 0. The molecular weight excluding hydrogens is 411 g/mol. The zero-order chi connectivity index (χ0) is 22.1. The molecule has 0 radical (unpaired) electrons. The first-order chi connectivity index (χ1) is 15.5. The Labute approximate surface area is 182 Å². The molecule has 6 heteroatoms.